The van der Waals surface area contributed by atoms with Gasteiger partial charge in [0.25, 0.3) is 0 Å². The first-order valence-corrected chi connectivity index (χ1v) is 7.79. The van der Waals surface area contributed by atoms with Crippen LogP contribution in [0, 0.1) is 0 Å². The largest absolute Gasteiger partial charge is 0.487 e. The van der Waals surface area contributed by atoms with Crippen molar-refractivity contribution in [3.8, 4) is 5.75 Å². The van der Waals surface area contributed by atoms with E-state index in [1.807, 2.05) is 24.3 Å². The highest BCUT2D eigenvalue weighted by Crippen LogP contribution is 2.16. The van der Waals surface area contributed by atoms with Gasteiger partial charge in [0, 0.05) is 22.8 Å². The Hall–Kier alpha value is -1.39. The van der Waals surface area contributed by atoms with Gasteiger partial charge in [0.15, 0.2) is 0 Å². The maximum absolute atomic E-state index is 5.80. The summed E-state index contributed by atoms with van der Waals surface area (Å²) in [5, 5.41) is 3.47. The van der Waals surface area contributed by atoms with Crippen LogP contribution in [-0.2, 0) is 13.2 Å². The van der Waals surface area contributed by atoms with Gasteiger partial charge < -0.3 is 10.1 Å². The molecule has 112 valence electrons. The second-order valence-electron chi connectivity index (χ2n) is 6.01. The van der Waals surface area contributed by atoms with Crippen molar-refractivity contribution in [2.45, 2.75) is 39.5 Å². The summed E-state index contributed by atoms with van der Waals surface area (Å²) >= 11 is 3.37. The van der Waals surface area contributed by atoms with Gasteiger partial charge in [-0.25, -0.2) is 0 Å². The van der Waals surface area contributed by atoms with Crippen LogP contribution in [0.15, 0.2) is 47.1 Å². The Morgan fingerprint density at radius 2 is 2.00 bits per heavy atom. The van der Waals surface area contributed by atoms with E-state index in [1.165, 1.54) is 5.56 Å². The molecular weight excluding hydrogens is 328 g/mol. The first-order chi connectivity index (χ1) is 9.92. The fraction of sp³-hybridized carbons (Fsp3) is 0.353. The van der Waals surface area contributed by atoms with Crippen molar-refractivity contribution in [3.05, 3.63) is 58.3 Å². The van der Waals surface area contributed by atoms with E-state index in [4.69, 9.17) is 4.74 Å². The Morgan fingerprint density at radius 3 is 2.67 bits per heavy atom. The van der Waals surface area contributed by atoms with Crippen molar-refractivity contribution >= 4 is 15.9 Å². The predicted molar refractivity (Wildman–Crippen MR) is 89.3 cm³/mol. The van der Waals surface area contributed by atoms with Crippen LogP contribution in [0.25, 0.3) is 0 Å². The van der Waals surface area contributed by atoms with E-state index in [2.05, 4.69) is 59.1 Å². The first-order valence-electron chi connectivity index (χ1n) is 6.99. The standard InChI is InChI=1S/C17H21BrN2O/c1-17(2,3)20-10-13-5-4-6-16(9-13)21-12-15-8-7-14(18)11-19-15/h4-9,11,20H,10,12H2,1-3H3. The molecule has 3 nitrogen and oxygen atoms in total. The van der Waals surface area contributed by atoms with E-state index in [0.29, 0.717) is 6.61 Å². The number of halogens is 1. The highest BCUT2D eigenvalue weighted by Gasteiger charge is 2.08. The number of nitrogens with zero attached hydrogens (tertiary/aromatic N) is 1. The van der Waals surface area contributed by atoms with Crippen LogP contribution in [0.3, 0.4) is 0 Å². The zero-order chi connectivity index (χ0) is 15.3. The minimum Gasteiger partial charge on any atom is -0.487 e. The van der Waals surface area contributed by atoms with E-state index < -0.39 is 0 Å². The van der Waals surface area contributed by atoms with Gasteiger partial charge in [-0.2, -0.15) is 0 Å². The quantitative estimate of drug-likeness (QED) is 0.873. The first kappa shape index (κ1) is 16.0. The van der Waals surface area contributed by atoms with Crippen LogP contribution >= 0.6 is 15.9 Å². The Bertz CT molecular complexity index is 576. The number of benzene rings is 1. The Balaban J connectivity index is 1.93. The minimum atomic E-state index is 0.109. The highest BCUT2D eigenvalue weighted by atomic mass is 79.9. The van der Waals surface area contributed by atoms with Crippen LogP contribution in [0.1, 0.15) is 32.0 Å². The molecule has 1 heterocycles. The lowest BCUT2D eigenvalue weighted by Crippen LogP contribution is -2.35. The molecule has 1 aromatic heterocycles. The third-order valence-corrected chi connectivity index (χ3v) is 3.37. The molecule has 1 N–H and O–H groups in total. The SMILES string of the molecule is CC(C)(C)NCc1cccc(OCc2ccc(Br)cn2)c1. The van der Waals surface area contributed by atoms with E-state index in [1.54, 1.807) is 6.20 Å². The maximum Gasteiger partial charge on any atom is 0.130 e. The van der Waals surface area contributed by atoms with Crippen LogP contribution in [0.4, 0.5) is 0 Å². The number of rotatable bonds is 5. The summed E-state index contributed by atoms with van der Waals surface area (Å²) in [6.45, 7) is 7.78. The predicted octanol–water partition coefficient (Wildman–Crippen LogP) is 4.31. The summed E-state index contributed by atoms with van der Waals surface area (Å²) in [6, 6.07) is 12.1. The van der Waals surface area contributed by atoms with Gasteiger partial charge in [0.05, 0.1) is 5.69 Å². The number of nitrogens with one attached hydrogen (secondary N) is 1. The fourth-order valence-corrected chi connectivity index (χ4v) is 2.00. The molecule has 0 saturated carbocycles. The molecule has 0 atom stereocenters. The van der Waals surface area contributed by atoms with E-state index in [-0.39, 0.29) is 5.54 Å². The minimum absolute atomic E-state index is 0.109. The molecule has 0 spiro atoms. The summed E-state index contributed by atoms with van der Waals surface area (Å²) in [5.74, 6) is 0.868. The number of ether oxygens (including phenoxy) is 1. The molecule has 2 rings (SSSR count). The fourth-order valence-electron chi connectivity index (χ4n) is 1.76. The second-order valence-corrected chi connectivity index (χ2v) is 6.92. The van der Waals surface area contributed by atoms with Crippen LogP contribution < -0.4 is 10.1 Å². The molecular formula is C17H21BrN2O. The van der Waals surface area contributed by atoms with E-state index in [0.717, 1.165) is 22.5 Å². The van der Waals surface area contributed by atoms with Gasteiger partial charge in [0.1, 0.15) is 12.4 Å². The lowest BCUT2D eigenvalue weighted by Gasteiger charge is -2.20. The Labute approximate surface area is 134 Å². The van der Waals surface area contributed by atoms with Crippen molar-refractivity contribution in [2.24, 2.45) is 0 Å². The molecule has 2 aromatic rings. The molecule has 0 aliphatic carbocycles. The van der Waals surface area contributed by atoms with Gasteiger partial charge >= 0.3 is 0 Å². The summed E-state index contributed by atoms with van der Waals surface area (Å²) in [6.07, 6.45) is 1.78. The lowest BCUT2D eigenvalue weighted by atomic mass is 10.1. The van der Waals surface area contributed by atoms with Crippen LogP contribution in [0.5, 0.6) is 5.75 Å². The topological polar surface area (TPSA) is 34.1 Å². The number of hydrogen-bond donors (Lipinski definition) is 1. The monoisotopic (exact) mass is 348 g/mol. The average molecular weight is 349 g/mol. The van der Waals surface area contributed by atoms with Gasteiger partial charge in [-0.05, 0) is 66.5 Å². The summed E-state index contributed by atoms with van der Waals surface area (Å²) in [4.78, 5) is 4.30. The highest BCUT2D eigenvalue weighted by molar-refractivity contribution is 9.10. The normalized spacial score (nSPS) is 11.4. The van der Waals surface area contributed by atoms with E-state index >= 15 is 0 Å². The van der Waals surface area contributed by atoms with Crippen LogP contribution in [0.2, 0.25) is 0 Å². The summed E-state index contributed by atoms with van der Waals surface area (Å²) in [5.41, 5.74) is 2.24. The molecule has 0 unspecified atom stereocenters. The third kappa shape index (κ3) is 5.86. The Morgan fingerprint density at radius 1 is 1.19 bits per heavy atom. The average Bonchev–Trinajstić information content (AvgIpc) is 2.44. The zero-order valence-corrected chi connectivity index (χ0v) is 14.3. The van der Waals surface area contributed by atoms with E-state index in [9.17, 15) is 0 Å². The summed E-state index contributed by atoms with van der Waals surface area (Å²) < 4.78 is 6.77. The molecule has 0 fully saturated rings. The van der Waals surface area contributed by atoms with Crippen molar-refractivity contribution < 1.29 is 4.74 Å². The molecule has 4 heteroatoms. The smallest absolute Gasteiger partial charge is 0.130 e. The zero-order valence-electron chi connectivity index (χ0n) is 12.7. The van der Waals surface area contributed by atoms with Crippen molar-refractivity contribution in [1.29, 1.82) is 0 Å². The molecule has 21 heavy (non-hydrogen) atoms. The van der Waals surface area contributed by atoms with Crippen molar-refractivity contribution in [2.75, 3.05) is 0 Å². The van der Waals surface area contributed by atoms with Gasteiger partial charge in [-0.1, -0.05) is 12.1 Å². The molecule has 1 aromatic carbocycles. The van der Waals surface area contributed by atoms with Crippen LogP contribution in [-0.4, -0.2) is 10.5 Å². The maximum atomic E-state index is 5.80. The lowest BCUT2D eigenvalue weighted by molar-refractivity contribution is 0.300. The number of hydrogen-bond acceptors (Lipinski definition) is 3. The number of aromatic nitrogens is 1. The Kier molecular flexibility index (Phi) is 5.37. The van der Waals surface area contributed by atoms with Gasteiger partial charge in [-0.3, -0.25) is 4.98 Å². The van der Waals surface area contributed by atoms with Gasteiger partial charge in [0.2, 0.25) is 0 Å². The second kappa shape index (κ2) is 7.05. The molecule has 0 radical (unpaired) electrons. The van der Waals surface area contributed by atoms with Crippen molar-refractivity contribution in [3.63, 3.8) is 0 Å². The third-order valence-electron chi connectivity index (χ3n) is 2.90. The molecule has 0 saturated heterocycles. The molecule has 0 bridgehead atoms. The number of pyridine rings is 1. The molecule has 0 aliphatic heterocycles. The van der Waals surface area contributed by atoms with Crippen molar-refractivity contribution in [1.82, 2.24) is 10.3 Å². The molecule has 0 aliphatic rings. The molecule has 0 amide bonds. The summed E-state index contributed by atoms with van der Waals surface area (Å²) in [7, 11) is 0. The van der Waals surface area contributed by atoms with Gasteiger partial charge in [-0.15, -0.1) is 0 Å².